The molecule has 20 heavy (non-hydrogen) atoms. The van der Waals surface area contributed by atoms with E-state index >= 15 is 0 Å². The van der Waals surface area contributed by atoms with E-state index in [0.717, 1.165) is 37.3 Å². The smallest absolute Gasteiger partial charge is 0.141 e. The molecule has 112 valence electrons. The van der Waals surface area contributed by atoms with Gasteiger partial charge in [-0.25, -0.2) is 0 Å². The minimum absolute atomic E-state index is 0.137. The Bertz CT molecular complexity index is 447. The van der Waals surface area contributed by atoms with E-state index in [-0.39, 0.29) is 6.04 Å². The highest BCUT2D eigenvalue weighted by molar-refractivity contribution is 6.32. The molecule has 1 aliphatic heterocycles. The molecule has 2 atom stereocenters. The van der Waals surface area contributed by atoms with Gasteiger partial charge in [0.25, 0.3) is 0 Å². The third-order valence-corrected chi connectivity index (χ3v) is 3.94. The van der Waals surface area contributed by atoms with Crippen molar-refractivity contribution in [3.63, 3.8) is 0 Å². The number of hydrogen-bond donors (Lipinski definition) is 1. The average Bonchev–Trinajstić information content (AvgIpc) is 2.97. The highest BCUT2D eigenvalue weighted by atomic mass is 35.5. The largest absolute Gasteiger partial charge is 0.496 e. The highest BCUT2D eigenvalue weighted by Crippen LogP contribution is 2.35. The molecule has 1 aromatic rings. The maximum Gasteiger partial charge on any atom is 0.141 e. The molecule has 0 amide bonds. The van der Waals surface area contributed by atoms with Crippen LogP contribution >= 0.6 is 11.6 Å². The summed E-state index contributed by atoms with van der Waals surface area (Å²) in [6.07, 6.45) is 2.59. The van der Waals surface area contributed by atoms with Crippen molar-refractivity contribution < 1.29 is 14.2 Å². The predicted molar refractivity (Wildman–Crippen MR) is 79.9 cm³/mol. The van der Waals surface area contributed by atoms with Gasteiger partial charge >= 0.3 is 0 Å². The first-order valence-corrected chi connectivity index (χ1v) is 7.30. The summed E-state index contributed by atoms with van der Waals surface area (Å²) in [6, 6.07) is 3.85. The fourth-order valence-electron chi connectivity index (χ4n) is 2.45. The minimum atomic E-state index is 0.137. The maximum absolute atomic E-state index is 6.20. The molecule has 2 rings (SSSR count). The number of hydrogen-bond acceptors (Lipinski definition) is 4. The van der Waals surface area contributed by atoms with Crippen molar-refractivity contribution in [2.45, 2.75) is 31.9 Å². The fraction of sp³-hybridized carbons (Fsp3) is 0.600. The molecule has 1 aromatic carbocycles. The van der Waals surface area contributed by atoms with Gasteiger partial charge in [-0.1, -0.05) is 11.6 Å². The molecular formula is C15H22ClNO3. The van der Waals surface area contributed by atoms with Gasteiger partial charge in [-0.3, -0.25) is 0 Å². The Morgan fingerprint density at radius 2 is 2.10 bits per heavy atom. The summed E-state index contributed by atoms with van der Waals surface area (Å²) in [5, 5.41) is 4.07. The van der Waals surface area contributed by atoms with Gasteiger partial charge in [-0.05, 0) is 25.8 Å². The number of methoxy groups -OCH3 is 2. The predicted octanol–water partition coefficient (Wildman–Crippen LogP) is 3.19. The lowest BCUT2D eigenvalue weighted by Gasteiger charge is -2.20. The molecular weight excluding hydrogens is 278 g/mol. The van der Waals surface area contributed by atoms with Crippen molar-refractivity contribution in [1.29, 1.82) is 0 Å². The summed E-state index contributed by atoms with van der Waals surface area (Å²) in [5.74, 6) is 1.40. The maximum atomic E-state index is 6.20. The van der Waals surface area contributed by atoms with Crippen LogP contribution in [0.15, 0.2) is 12.1 Å². The normalized spacial score (nSPS) is 19.9. The van der Waals surface area contributed by atoms with Crippen molar-refractivity contribution in [3.05, 3.63) is 22.7 Å². The van der Waals surface area contributed by atoms with Gasteiger partial charge < -0.3 is 19.5 Å². The van der Waals surface area contributed by atoms with Gasteiger partial charge in [-0.2, -0.15) is 0 Å². The lowest BCUT2D eigenvalue weighted by atomic mass is 10.1. The second-order valence-corrected chi connectivity index (χ2v) is 5.40. The van der Waals surface area contributed by atoms with Gasteiger partial charge in [0.15, 0.2) is 0 Å². The summed E-state index contributed by atoms with van der Waals surface area (Å²) in [7, 11) is 3.25. The Labute approximate surface area is 125 Å². The van der Waals surface area contributed by atoms with Crippen molar-refractivity contribution in [3.8, 4) is 11.5 Å². The van der Waals surface area contributed by atoms with Gasteiger partial charge in [0.2, 0.25) is 0 Å². The van der Waals surface area contributed by atoms with Gasteiger partial charge in [0.1, 0.15) is 11.5 Å². The number of nitrogens with one attached hydrogen (secondary N) is 1. The Hall–Kier alpha value is -0.970. The number of ether oxygens (including phenoxy) is 3. The minimum Gasteiger partial charge on any atom is -0.496 e. The van der Waals surface area contributed by atoms with E-state index in [1.54, 1.807) is 14.2 Å². The second kappa shape index (κ2) is 7.16. The van der Waals surface area contributed by atoms with Crippen molar-refractivity contribution in [1.82, 2.24) is 5.32 Å². The summed E-state index contributed by atoms with van der Waals surface area (Å²) < 4.78 is 16.3. The lowest BCUT2D eigenvalue weighted by molar-refractivity contribution is 0.108. The molecule has 0 aliphatic carbocycles. The first-order chi connectivity index (χ1) is 9.65. The van der Waals surface area contributed by atoms with E-state index in [1.165, 1.54) is 0 Å². The van der Waals surface area contributed by atoms with Crippen LogP contribution < -0.4 is 14.8 Å². The molecule has 0 bridgehead atoms. The van der Waals surface area contributed by atoms with Crippen molar-refractivity contribution in [2.75, 3.05) is 27.4 Å². The fourth-order valence-corrected chi connectivity index (χ4v) is 2.69. The van der Waals surface area contributed by atoms with Gasteiger partial charge in [-0.15, -0.1) is 0 Å². The third-order valence-electron chi connectivity index (χ3n) is 3.65. The van der Waals surface area contributed by atoms with Crippen LogP contribution in [-0.2, 0) is 4.74 Å². The second-order valence-electron chi connectivity index (χ2n) is 4.99. The van der Waals surface area contributed by atoms with Crippen LogP contribution in [0.2, 0.25) is 5.02 Å². The number of benzene rings is 1. The van der Waals surface area contributed by atoms with Crippen molar-refractivity contribution >= 4 is 11.6 Å². The highest BCUT2D eigenvalue weighted by Gasteiger charge is 2.19. The molecule has 0 radical (unpaired) electrons. The van der Waals surface area contributed by atoms with Gasteiger partial charge in [0.05, 0.1) is 25.3 Å². The molecule has 0 unspecified atom stereocenters. The SMILES string of the molecule is COc1cc(OC)c([C@H](C)NC[C@@H]2CCCO2)cc1Cl. The Morgan fingerprint density at radius 1 is 1.35 bits per heavy atom. The molecule has 0 saturated carbocycles. The zero-order valence-electron chi connectivity index (χ0n) is 12.2. The third kappa shape index (κ3) is 3.57. The standard InChI is InChI=1S/C15H22ClNO3/c1-10(17-9-11-5-4-6-20-11)12-7-13(16)15(19-3)8-14(12)18-2/h7-8,10-11,17H,4-6,9H2,1-3H3/t10-,11-/m0/s1. The zero-order valence-corrected chi connectivity index (χ0v) is 13.0. The summed E-state index contributed by atoms with van der Waals surface area (Å²) >= 11 is 6.20. The quantitative estimate of drug-likeness (QED) is 0.876. The molecule has 0 spiro atoms. The van der Waals surface area contributed by atoms with Crippen LogP contribution in [0, 0.1) is 0 Å². The lowest BCUT2D eigenvalue weighted by Crippen LogP contribution is -2.28. The van der Waals surface area contributed by atoms with E-state index in [2.05, 4.69) is 12.2 Å². The van der Waals surface area contributed by atoms with Crippen LogP contribution in [0.5, 0.6) is 11.5 Å². The van der Waals surface area contributed by atoms with E-state index in [9.17, 15) is 0 Å². The molecule has 4 nitrogen and oxygen atoms in total. The zero-order chi connectivity index (χ0) is 14.5. The van der Waals surface area contributed by atoms with Crippen LogP contribution in [-0.4, -0.2) is 33.5 Å². The van der Waals surface area contributed by atoms with Crippen LogP contribution in [0.4, 0.5) is 0 Å². The first kappa shape index (κ1) is 15.4. The molecule has 1 N–H and O–H groups in total. The Morgan fingerprint density at radius 3 is 2.70 bits per heavy atom. The van der Waals surface area contributed by atoms with E-state index < -0.39 is 0 Å². The van der Waals surface area contributed by atoms with Crippen LogP contribution in [0.3, 0.4) is 0 Å². The molecule has 1 aliphatic rings. The Balaban J connectivity index is 2.07. The molecule has 5 heteroatoms. The Kier molecular flexibility index (Phi) is 5.52. The van der Waals surface area contributed by atoms with Crippen LogP contribution in [0.1, 0.15) is 31.4 Å². The summed E-state index contributed by atoms with van der Waals surface area (Å²) in [5.41, 5.74) is 1.02. The van der Waals surface area contributed by atoms with E-state index in [1.807, 2.05) is 12.1 Å². The van der Waals surface area contributed by atoms with E-state index in [4.69, 9.17) is 25.8 Å². The van der Waals surface area contributed by atoms with Crippen LogP contribution in [0.25, 0.3) is 0 Å². The molecule has 1 saturated heterocycles. The summed E-state index contributed by atoms with van der Waals surface area (Å²) in [4.78, 5) is 0. The first-order valence-electron chi connectivity index (χ1n) is 6.92. The topological polar surface area (TPSA) is 39.7 Å². The molecule has 1 heterocycles. The molecule has 0 aromatic heterocycles. The molecule has 1 fully saturated rings. The average molecular weight is 300 g/mol. The van der Waals surface area contributed by atoms with Gasteiger partial charge in [0, 0.05) is 30.8 Å². The van der Waals surface area contributed by atoms with Crippen molar-refractivity contribution in [2.24, 2.45) is 0 Å². The summed E-state index contributed by atoms with van der Waals surface area (Å²) in [6.45, 7) is 3.81. The van der Waals surface area contributed by atoms with E-state index in [0.29, 0.717) is 16.9 Å². The number of halogens is 1. The number of rotatable bonds is 6. The monoisotopic (exact) mass is 299 g/mol.